The molecule has 31 heavy (non-hydrogen) atoms. The van der Waals surface area contributed by atoms with Gasteiger partial charge in [0.15, 0.2) is 0 Å². The molecule has 156 valence electrons. The van der Waals surface area contributed by atoms with E-state index in [0.29, 0.717) is 12.3 Å². The van der Waals surface area contributed by atoms with Gasteiger partial charge in [-0.15, -0.1) is 0 Å². The molecule has 0 aromatic heterocycles. The van der Waals surface area contributed by atoms with E-state index >= 15 is 0 Å². The van der Waals surface area contributed by atoms with Crippen LogP contribution in [0.1, 0.15) is 27.8 Å². The number of aryl methyl sites for hydroxylation is 3. The molecule has 0 saturated carbocycles. The van der Waals surface area contributed by atoms with E-state index in [9.17, 15) is 10.1 Å². The highest BCUT2D eigenvalue weighted by atomic mass is 79.9. The molecule has 0 unspecified atom stereocenters. The van der Waals surface area contributed by atoms with E-state index < -0.39 is 5.91 Å². The fourth-order valence-corrected chi connectivity index (χ4v) is 3.53. The Morgan fingerprint density at radius 1 is 1.06 bits per heavy atom. The molecule has 5 heteroatoms. The lowest BCUT2D eigenvalue weighted by Gasteiger charge is -2.13. The number of ether oxygens (including phenoxy) is 1. The molecule has 0 saturated heterocycles. The standard InChI is InChI=1S/C26H23BrN2O2/c1-17-5-4-6-24(11-17)29-26(30)22(15-28)14-21-12-18(2)25(19(3)13-21)31-16-20-7-9-23(27)10-8-20/h4-14H,16H2,1-3H3,(H,29,30)/b22-14+. The first-order valence-electron chi connectivity index (χ1n) is 9.84. The Hall–Kier alpha value is -3.36. The van der Waals surface area contributed by atoms with E-state index in [0.717, 1.165) is 38.0 Å². The summed E-state index contributed by atoms with van der Waals surface area (Å²) in [6, 6.07) is 21.3. The molecule has 4 nitrogen and oxygen atoms in total. The number of carbonyl (C=O) groups is 1. The first-order chi connectivity index (χ1) is 14.9. The lowest BCUT2D eigenvalue weighted by Crippen LogP contribution is -2.13. The lowest BCUT2D eigenvalue weighted by atomic mass is 10.0. The van der Waals surface area contributed by atoms with Crippen LogP contribution in [0.25, 0.3) is 6.08 Å². The van der Waals surface area contributed by atoms with Crippen LogP contribution >= 0.6 is 15.9 Å². The molecule has 0 heterocycles. The molecule has 0 aliphatic heterocycles. The number of halogens is 1. The van der Waals surface area contributed by atoms with Gasteiger partial charge in [-0.2, -0.15) is 5.26 Å². The maximum Gasteiger partial charge on any atom is 0.266 e. The molecule has 3 aromatic rings. The second kappa shape index (κ2) is 10.1. The summed E-state index contributed by atoms with van der Waals surface area (Å²) in [5, 5.41) is 12.3. The van der Waals surface area contributed by atoms with Crippen molar-refractivity contribution in [3.05, 3.63) is 98.5 Å². The van der Waals surface area contributed by atoms with Gasteiger partial charge in [0, 0.05) is 10.2 Å². The topological polar surface area (TPSA) is 62.1 Å². The van der Waals surface area contributed by atoms with Gasteiger partial charge in [-0.1, -0.05) is 40.2 Å². The molecule has 3 aromatic carbocycles. The van der Waals surface area contributed by atoms with Crippen molar-refractivity contribution in [2.45, 2.75) is 27.4 Å². The van der Waals surface area contributed by atoms with Gasteiger partial charge in [0.1, 0.15) is 24.0 Å². The van der Waals surface area contributed by atoms with Crippen LogP contribution in [-0.2, 0) is 11.4 Å². The predicted octanol–water partition coefficient (Wildman–Crippen LogP) is 6.50. The SMILES string of the molecule is Cc1cccc(NC(=O)/C(C#N)=C/c2cc(C)c(OCc3ccc(Br)cc3)c(C)c2)c1. The van der Waals surface area contributed by atoms with Crippen LogP contribution in [0, 0.1) is 32.1 Å². The largest absolute Gasteiger partial charge is 0.488 e. The Bertz CT molecular complexity index is 1150. The first kappa shape index (κ1) is 22.3. The summed E-state index contributed by atoms with van der Waals surface area (Å²) in [5.41, 5.74) is 5.48. The van der Waals surface area contributed by atoms with Crippen molar-refractivity contribution >= 4 is 33.6 Å². The van der Waals surface area contributed by atoms with Crippen LogP contribution in [0.3, 0.4) is 0 Å². The Morgan fingerprint density at radius 2 is 1.74 bits per heavy atom. The Balaban J connectivity index is 1.76. The molecule has 0 spiro atoms. The maximum absolute atomic E-state index is 12.5. The number of benzene rings is 3. The molecule has 1 amide bonds. The smallest absolute Gasteiger partial charge is 0.266 e. The number of nitriles is 1. The number of carbonyl (C=O) groups excluding carboxylic acids is 1. The minimum absolute atomic E-state index is 0.0452. The number of hydrogen-bond donors (Lipinski definition) is 1. The summed E-state index contributed by atoms with van der Waals surface area (Å²) < 4.78 is 7.06. The Kier molecular flexibility index (Phi) is 7.28. The van der Waals surface area contributed by atoms with Crippen LogP contribution < -0.4 is 10.1 Å². The van der Waals surface area contributed by atoms with Crippen LogP contribution in [0.4, 0.5) is 5.69 Å². The van der Waals surface area contributed by atoms with Crippen molar-refractivity contribution < 1.29 is 9.53 Å². The van der Waals surface area contributed by atoms with Gasteiger partial charge < -0.3 is 10.1 Å². The second-order valence-corrected chi connectivity index (χ2v) is 8.31. The zero-order valence-corrected chi connectivity index (χ0v) is 19.3. The number of rotatable bonds is 6. The third-order valence-corrected chi connectivity index (χ3v) is 5.26. The van der Waals surface area contributed by atoms with E-state index in [1.165, 1.54) is 0 Å². The molecule has 0 aliphatic carbocycles. The average molecular weight is 475 g/mol. The van der Waals surface area contributed by atoms with Gasteiger partial charge in [0.05, 0.1) is 0 Å². The van der Waals surface area contributed by atoms with Gasteiger partial charge in [0.2, 0.25) is 0 Å². The van der Waals surface area contributed by atoms with E-state index in [2.05, 4.69) is 21.2 Å². The predicted molar refractivity (Wildman–Crippen MR) is 128 cm³/mol. The summed E-state index contributed by atoms with van der Waals surface area (Å²) in [6.07, 6.45) is 1.60. The number of anilines is 1. The summed E-state index contributed by atoms with van der Waals surface area (Å²) in [7, 11) is 0. The number of nitrogens with zero attached hydrogens (tertiary/aromatic N) is 1. The minimum Gasteiger partial charge on any atom is -0.488 e. The van der Waals surface area contributed by atoms with Crippen molar-refractivity contribution in [3.63, 3.8) is 0 Å². The van der Waals surface area contributed by atoms with Crippen molar-refractivity contribution in [1.82, 2.24) is 0 Å². The maximum atomic E-state index is 12.5. The fourth-order valence-electron chi connectivity index (χ4n) is 3.27. The summed E-state index contributed by atoms with van der Waals surface area (Å²) in [5.74, 6) is 0.377. The van der Waals surface area contributed by atoms with E-state index in [1.807, 2.05) is 81.4 Å². The molecule has 1 N–H and O–H groups in total. The van der Waals surface area contributed by atoms with Crippen molar-refractivity contribution in [1.29, 1.82) is 5.26 Å². The second-order valence-electron chi connectivity index (χ2n) is 7.39. The van der Waals surface area contributed by atoms with Gasteiger partial charge in [-0.25, -0.2) is 0 Å². The van der Waals surface area contributed by atoms with Crippen molar-refractivity contribution in [2.75, 3.05) is 5.32 Å². The zero-order valence-electron chi connectivity index (χ0n) is 17.7. The summed E-state index contributed by atoms with van der Waals surface area (Å²) in [4.78, 5) is 12.5. The highest BCUT2D eigenvalue weighted by Crippen LogP contribution is 2.27. The molecule has 0 fully saturated rings. The average Bonchev–Trinajstić information content (AvgIpc) is 2.72. The van der Waals surface area contributed by atoms with Crippen LogP contribution in [0.15, 0.2) is 70.7 Å². The van der Waals surface area contributed by atoms with Crippen LogP contribution in [0.5, 0.6) is 5.75 Å². The van der Waals surface area contributed by atoms with Crippen LogP contribution in [0.2, 0.25) is 0 Å². The van der Waals surface area contributed by atoms with Gasteiger partial charge in [-0.3, -0.25) is 4.79 Å². The molecule has 0 bridgehead atoms. The van der Waals surface area contributed by atoms with E-state index in [4.69, 9.17) is 4.74 Å². The third-order valence-electron chi connectivity index (χ3n) is 4.73. The zero-order chi connectivity index (χ0) is 22.4. The highest BCUT2D eigenvalue weighted by Gasteiger charge is 2.12. The first-order valence-corrected chi connectivity index (χ1v) is 10.6. The number of nitrogens with one attached hydrogen (secondary N) is 1. The van der Waals surface area contributed by atoms with Crippen molar-refractivity contribution in [3.8, 4) is 11.8 Å². The quantitative estimate of drug-likeness (QED) is 0.327. The van der Waals surface area contributed by atoms with Gasteiger partial charge in [-0.05, 0) is 91.1 Å². The monoisotopic (exact) mass is 474 g/mol. The minimum atomic E-state index is -0.432. The molecule has 0 radical (unpaired) electrons. The summed E-state index contributed by atoms with van der Waals surface area (Å²) in [6.45, 7) is 6.33. The molecular formula is C26H23BrN2O2. The summed E-state index contributed by atoms with van der Waals surface area (Å²) >= 11 is 3.43. The van der Waals surface area contributed by atoms with E-state index in [1.54, 1.807) is 12.1 Å². The Labute approximate surface area is 191 Å². The van der Waals surface area contributed by atoms with Gasteiger partial charge in [0.25, 0.3) is 5.91 Å². The fraction of sp³-hybridized carbons (Fsp3) is 0.154. The lowest BCUT2D eigenvalue weighted by molar-refractivity contribution is -0.112. The third kappa shape index (κ3) is 6.07. The Morgan fingerprint density at radius 3 is 2.35 bits per heavy atom. The molecule has 0 aliphatic rings. The number of amides is 1. The van der Waals surface area contributed by atoms with E-state index in [-0.39, 0.29) is 5.57 Å². The number of hydrogen-bond acceptors (Lipinski definition) is 3. The van der Waals surface area contributed by atoms with Crippen molar-refractivity contribution in [2.24, 2.45) is 0 Å². The molecule has 3 rings (SSSR count). The normalized spacial score (nSPS) is 11.0. The van der Waals surface area contributed by atoms with Gasteiger partial charge >= 0.3 is 0 Å². The van der Waals surface area contributed by atoms with Crippen LogP contribution in [-0.4, -0.2) is 5.91 Å². The highest BCUT2D eigenvalue weighted by molar-refractivity contribution is 9.10. The molecule has 0 atom stereocenters. The molecular weight excluding hydrogens is 452 g/mol.